The standard InChI is InChI=1S/C25H35N5O5S/c1-16(2)30-21-15-18(7-8-19(21)20(27-30)11-14-36(6,32)33)22-26-23(35-28-22)17-9-12-29(13-10-17)24(31)34-25(3,4)5/h7-8,15-17H,9-14H2,1-6H3. The number of likely N-dealkylation sites (tertiary alicyclic amines) is 1. The van der Waals surface area contributed by atoms with Crippen LogP contribution in [0.5, 0.6) is 0 Å². The molecule has 0 radical (unpaired) electrons. The first-order chi connectivity index (χ1) is 16.8. The molecule has 0 atom stereocenters. The molecule has 10 nitrogen and oxygen atoms in total. The second-order valence-corrected chi connectivity index (χ2v) is 13.1. The molecule has 0 bridgehead atoms. The number of carbonyl (C=O) groups is 1. The molecule has 3 aromatic rings. The number of hydrogen-bond acceptors (Lipinski definition) is 8. The maximum Gasteiger partial charge on any atom is 0.410 e. The van der Waals surface area contributed by atoms with E-state index in [1.165, 1.54) is 6.26 Å². The lowest BCUT2D eigenvalue weighted by molar-refractivity contribution is 0.0198. The lowest BCUT2D eigenvalue weighted by Gasteiger charge is -2.32. The van der Waals surface area contributed by atoms with Gasteiger partial charge in [0.2, 0.25) is 11.7 Å². The Labute approximate surface area is 211 Å². The summed E-state index contributed by atoms with van der Waals surface area (Å²) in [5.41, 5.74) is 1.96. The first-order valence-electron chi connectivity index (χ1n) is 12.3. The van der Waals surface area contributed by atoms with E-state index in [2.05, 4.69) is 10.1 Å². The maximum atomic E-state index is 12.3. The van der Waals surface area contributed by atoms with Gasteiger partial charge in [0.15, 0.2) is 0 Å². The minimum Gasteiger partial charge on any atom is -0.444 e. The Kier molecular flexibility index (Phi) is 7.14. The molecule has 3 heterocycles. The van der Waals surface area contributed by atoms with Gasteiger partial charge in [-0.1, -0.05) is 17.3 Å². The number of carbonyl (C=O) groups excluding carboxylic acids is 1. The third-order valence-corrected chi connectivity index (χ3v) is 7.12. The van der Waals surface area contributed by atoms with Crippen molar-refractivity contribution in [1.82, 2.24) is 24.8 Å². The molecule has 1 saturated heterocycles. The largest absolute Gasteiger partial charge is 0.444 e. The van der Waals surface area contributed by atoms with E-state index in [1.54, 1.807) is 4.90 Å². The summed E-state index contributed by atoms with van der Waals surface area (Å²) in [6, 6.07) is 5.94. The van der Waals surface area contributed by atoms with Gasteiger partial charge in [-0.25, -0.2) is 13.2 Å². The predicted octanol–water partition coefficient (Wildman–Crippen LogP) is 4.37. The molecule has 1 aromatic carbocycles. The van der Waals surface area contributed by atoms with Crippen LogP contribution in [-0.4, -0.2) is 70.0 Å². The fourth-order valence-corrected chi connectivity index (χ4v) is 4.92. The predicted molar refractivity (Wildman–Crippen MR) is 137 cm³/mol. The third kappa shape index (κ3) is 6.05. The molecule has 0 unspecified atom stereocenters. The molecule has 0 N–H and O–H groups in total. The Hall–Kier alpha value is -2.95. The number of amides is 1. The number of nitrogens with zero attached hydrogens (tertiary/aromatic N) is 5. The van der Waals surface area contributed by atoms with Crippen molar-refractivity contribution in [3.05, 3.63) is 29.8 Å². The van der Waals surface area contributed by atoms with Crippen LogP contribution in [-0.2, 0) is 21.0 Å². The molecule has 11 heteroatoms. The fourth-order valence-electron chi connectivity index (χ4n) is 4.36. The molecule has 0 saturated carbocycles. The first-order valence-corrected chi connectivity index (χ1v) is 14.4. The zero-order chi connectivity index (χ0) is 26.3. The number of rotatable bonds is 6. The lowest BCUT2D eigenvalue weighted by Crippen LogP contribution is -2.41. The number of fused-ring (bicyclic) bond motifs is 1. The molecular weight excluding hydrogens is 482 g/mol. The van der Waals surface area contributed by atoms with Crippen molar-refractivity contribution in [2.75, 3.05) is 25.1 Å². The van der Waals surface area contributed by atoms with E-state index in [4.69, 9.17) is 14.4 Å². The highest BCUT2D eigenvalue weighted by Crippen LogP contribution is 2.31. The zero-order valence-corrected chi connectivity index (χ0v) is 22.6. The monoisotopic (exact) mass is 517 g/mol. The molecule has 1 aliphatic heterocycles. The van der Waals surface area contributed by atoms with Gasteiger partial charge in [-0.2, -0.15) is 10.1 Å². The average molecular weight is 518 g/mol. The molecule has 0 aliphatic carbocycles. The van der Waals surface area contributed by atoms with Crippen LogP contribution in [0.15, 0.2) is 22.7 Å². The van der Waals surface area contributed by atoms with Gasteiger partial charge in [0.05, 0.1) is 17.0 Å². The molecule has 1 aliphatic rings. The smallest absolute Gasteiger partial charge is 0.410 e. The number of ether oxygens (including phenoxy) is 1. The van der Waals surface area contributed by atoms with E-state index >= 15 is 0 Å². The fraction of sp³-hybridized carbons (Fsp3) is 0.600. The minimum atomic E-state index is -3.09. The Morgan fingerprint density at radius 1 is 1.22 bits per heavy atom. The van der Waals surface area contributed by atoms with Crippen molar-refractivity contribution in [2.24, 2.45) is 0 Å². The van der Waals surface area contributed by atoms with Crippen LogP contribution in [0, 0.1) is 0 Å². The van der Waals surface area contributed by atoms with E-state index in [1.807, 2.05) is 57.5 Å². The number of piperidine rings is 1. The second kappa shape index (κ2) is 9.84. The van der Waals surface area contributed by atoms with Gasteiger partial charge in [-0.05, 0) is 53.5 Å². The van der Waals surface area contributed by atoms with Gasteiger partial charge in [0.1, 0.15) is 15.4 Å². The molecule has 36 heavy (non-hydrogen) atoms. The summed E-state index contributed by atoms with van der Waals surface area (Å²) in [6.45, 7) is 10.8. The summed E-state index contributed by atoms with van der Waals surface area (Å²) in [7, 11) is -3.09. The molecule has 1 fully saturated rings. The van der Waals surface area contributed by atoms with Crippen LogP contribution in [0.25, 0.3) is 22.3 Å². The zero-order valence-electron chi connectivity index (χ0n) is 21.8. The Morgan fingerprint density at radius 3 is 2.53 bits per heavy atom. The quantitative estimate of drug-likeness (QED) is 0.473. The highest BCUT2D eigenvalue weighted by molar-refractivity contribution is 7.90. The Morgan fingerprint density at radius 2 is 1.92 bits per heavy atom. The van der Waals surface area contributed by atoms with Crippen molar-refractivity contribution < 1.29 is 22.5 Å². The topological polar surface area (TPSA) is 120 Å². The van der Waals surface area contributed by atoms with Gasteiger partial charge in [0, 0.05) is 48.7 Å². The minimum absolute atomic E-state index is 0.0555. The number of sulfone groups is 1. The van der Waals surface area contributed by atoms with Crippen molar-refractivity contribution in [3.63, 3.8) is 0 Å². The van der Waals surface area contributed by atoms with E-state index < -0.39 is 15.4 Å². The number of hydrogen-bond donors (Lipinski definition) is 0. The molecule has 4 rings (SSSR count). The summed E-state index contributed by atoms with van der Waals surface area (Å²) in [6.07, 6.45) is 2.76. The van der Waals surface area contributed by atoms with Crippen LogP contribution in [0.4, 0.5) is 4.79 Å². The molecule has 2 aromatic heterocycles. The normalized spacial score (nSPS) is 15.7. The number of benzene rings is 1. The van der Waals surface area contributed by atoms with Gasteiger partial charge < -0.3 is 14.2 Å². The van der Waals surface area contributed by atoms with Crippen molar-refractivity contribution in [1.29, 1.82) is 0 Å². The highest BCUT2D eigenvalue weighted by atomic mass is 32.2. The molecule has 1 amide bonds. The summed E-state index contributed by atoms with van der Waals surface area (Å²) < 4.78 is 36.3. The lowest BCUT2D eigenvalue weighted by atomic mass is 9.97. The van der Waals surface area contributed by atoms with Crippen LogP contribution >= 0.6 is 0 Å². The van der Waals surface area contributed by atoms with E-state index in [9.17, 15) is 13.2 Å². The highest BCUT2D eigenvalue weighted by Gasteiger charge is 2.30. The van der Waals surface area contributed by atoms with Crippen LogP contribution in [0.1, 0.15) is 71.0 Å². The summed E-state index contributed by atoms with van der Waals surface area (Å²) >= 11 is 0. The summed E-state index contributed by atoms with van der Waals surface area (Å²) in [5, 5.41) is 9.84. The average Bonchev–Trinajstić information content (AvgIpc) is 3.41. The van der Waals surface area contributed by atoms with Gasteiger partial charge in [-0.15, -0.1) is 0 Å². The number of aryl methyl sites for hydroxylation is 1. The van der Waals surface area contributed by atoms with Gasteiger partial charge in [0.25, 0.3) is 0 Å². The van der Waals surface area contributed by atoms with Crippen LogP contribution < -0.4 is 0 Å². The molecule has 0 spiro atoms. The molecule has 196 valence electrons. The van der Waals surface area contributed by atoms with Crippen LogP contribution in [0.2, 0.25) is 0 Å². The Bertz CT molecular complexity index is 1340. The van der Waals surface area contributed by atoms with Crippen molar-refractivity contribution in [2.45, 2.75) is 71.4 Å². The maximum absolute atomic E-state index is 12.3. The summed E-state index contributed by atoms with van der Waals surface area (Å²) in [5.74, 6) is 1.20. The van der Waals surface area contributed by atoms with E-state index in [-0.39, 0.29) is 23.8 Å². The van der Waals surface area contributed by atoms with E-state index in [0.717, 1.165) is 35.0 Å². The third-order valence-electron chi connectivity index (χ3n) is 6.18. The van der Waals surface area contributed by atoms with Crippen molar-refractivity contribution >= 4 is 26.8 Å². The summed E-state index contributed by atoms with van der Waals surface area (Å²) in [4.78, 5) is 18.7. The SMILES string of the molecule is CC(C)n1nc(CCS(C)(=O)=O)c2ccc(-c3noc(C4CCN(C(=O)OC(C)(C)C)CC4)n3)cc21. The van der Waals surface area contributed by atoms with Gasteiger partial charge in [-0.3, -0.25) is 4.68 Å². The number of aromatic nitrogens is 4. The van der Waals surface area contributed by atoms with Gasteiger partial charge >= 0.3 is 6.09 Å². The molecular formula is C25H35N5O5S. The Balaban J connectivity index is 1.51. The second-order valence-electron chi connectivity index (χ2n) is 10.8. The van der Waals surface area contributed by atoms with Crippen molar-refractivity contribution in [3.8, 4) is 11.4 Å². The van der Waals surface area contributed by atoms with E-state index in [0.29, 0.717) is 31.2 Å². The first kappa shape index (κ1) is 26.1. The van der Waals surface area contributed by atoms with Crippen LogP contribution in [0.3, 0.4) is 0 Å².